The van der Waals surface area contributed by atoms with Crippen LogP contribution in [0.5, 0.6) is 0 Å². The summed E-state index contributed by atoms with van der Waals surface area (Å²) >= 11 is 0. The number of hydrogen-bond acceptors (Lipinski definition) is 4. The van der Waals surface area contributed by atoms with Gasteiger partial charge in [-0.25, -0.2) is 9.66 Å². The zero-order valence-corrected chi connectivity index (χ0v) is 6.78. The van der Waals surface area contributed by atoms with Gasteiger partial charge in [-0.1, -0.05) is 0 Å². The molecule has 0 saturated carbocycles. The smallest absolute Gasteiger partial charge is 0.153 e. The number of rotatable bonds is 0. The highest BCUT2D eigenvalue weighted by Crippen LogP contribution is 2.15. The minimum atomic E-state index is -0.554. The van der Waals surface area contributed by atoms with Crippen LogP contribution in [0.2, 0.25) is 0 Å². The van der Waals surface area contributed by atoms with Crippen LogP contribution in [0.1, 0.15) is 12.7 Å². The van der Waals surface area contributed by atoms with Crippen molar-refractivity contribution in [2.75, 3.05) is 11.2 Å². The number of nitrogens with one attached hydrogen (secondary N) is 1. The Morgan fingerprint density at radius 2 is 2.42 bits per heavy atom. The van der Waals surface area contributed by atoms with Gasteiger partial charge in [-0.2, -0.15) is 0 Å². The number of anilines is 1. The summed E-state index contributed by atoms with van der Waals surface area (Å²) in [6.07, 6.45) is 5.27. The van der Waals surface area contributed by atoms with E-state index in [0.717, 1.165) is 5.82 Å². The fraction of sp³-hybridized carbons (Fsp3) is 0.286. The molecule has 1 aliphatic heterocycles. The van der Waals surface area contributed by atoms with Crippen LogP contribution in [0.3, 0.4) is 0 Å². The Labute approximate surface area is 70.0 Å². The molecule has 1 aliphatic rings. The van der Waals surface area contributed by atoms with E-state index in [1.807, 2.05) is 19.1 Å². The van der Waals surface area contributed by atoms with E-state index in [9.17, 15) is 0 Å². The molecule has 64 valence electrons. The largest absolute Gasteiger partial charge is 0.382 e. The molecule has 2 heterocycles. The SMILES string of the molecule is CC1(N)C=Cc2ncc(N)n2N1. The van der Waals surface area contributed by atoms with Crippen molar-refractivity contribution in [1.29, 1.82) is 0 Å². The molecule has 5 nitrogen and oxygen atoms in total. The molecule has 1 unspecified atom stereocenters. The van der Waals surface area contributed by atoms with Crippen molar-refractivity contribution in [3.8, 4) is 0 Å². The van der Waals surface area contributed by atoms with Crippen LogP contribution in [0.15, 0.2) is 12.3 Å². The fourth-order valence-electron chi connectivity index (χ4n) is 1.15. The molecular weight excluding hydrogens is 154 g/mol. The van der Waals surface area contributed by atoms with E-state index < -0.39 is 5.66 Å². The van der Waals surface area contributed by atoms with E-state index in [1.54, 1.807) is 10.9 Å². The average Bonchev–Trinajstić information content (AvgIpc) is 2.31. The minimum absolute atomic E-state index is 0.554. The molecule has 0 spiro atoms. The molecule has 0 fully saturated rings. The maximum absolute atomic E-state index is 5.82. The summed E-state index contributed by atoms with van der Waals surface area (Å²) in [5, 5.41) is 0. The third-order valence-electron chi connectivity index (χ3n) is 1.75. The van der Waals surface area contributed by atoms with Crippen LogP contribution < -0.4 is 16.9 Å². The second-order valence-electron chi connectivity index (χ2n) is 3.10. The minimum Gasteiger partial charge on any atom is -0.382 e. The second-order valence-corrected chi connectivity index (χ2v) is 3.10. The summed E-state index contributed by atoms with van der Waals surface area (Å²) in [5.74, 6) is 1.33. The summed E-state index contributed by atoms with van der Waals surface area (Å²) < 4.78 is 1.67. The van der Waals surface area contributed by atoms with Crippen molar-refractivity contribution in [3.05, 3.63) is 18.1 Å². The summed E-state index contributed by atoms with van der Waals surface area (Å²) in [5.41, 5.74) is 13.9. The first-order chi connectivity index (χ1) is 5.58. The Morgan fingerprint density at radius 1 is 1.67 bits per heavy atom. The van der Waals surface area contributed by atoms with Crippen LogP contribution in [0, 0.1) is 0 Å². The molecule has 1 aromatic heterocycles. The zero-order chi connectivity index (χ0) is 8.77. The highest BCUT2D eigenvalue weighted by atomic mass is 15.5. The van der Waals surface area contributed by atoms with Gasteiger partial charge in [-0.05, 0) is 19.1 Å². The van der Waals surface area contributed by atoms with Crippen molar-refractivity contribution in [2.24, 2.45) is 5.73 Å². The van der Waals surface area contributed by atoms with E-state index in [1.165, 1.54) is 0 Å². The Hall–Kier alpha value is -1.49. The molecule has 1 aromatic rings. The number of nitrogens with two attached hydrogens (primary N) is 2. The summed E-state index contributed by atoms with van der Waals surface area (Å²) in [6.45, 7) is 1.85. The van der Waals surface area contributed by atoms with Crippen molar-refractivity contribution >= 4 is 11.9 Å². The molecule has 0 aliphatic carbocycles. The number of nitrogens with zero attached hydrogens (tertiary/aromatic N) is 2. The van der Waals surface area contributed by atoms with E-state index >= 15 is 0 Å². The summed E-state index contributed by atoms with van der Waals surface area (Å²) in [6, 6.07) is 0. The molecule has 1 atom stereocenters. The first kappa shape index (κ1) is 7.17. The average molecular weight is 165 g/mol. The molecule has 2 rings (SSSR count). The quantitative estimate of drug-likeness (QED) is 0.493. The van der Waals surface area contributed by atoms with Gasteiger partial charge in [0.15, 0.2) is 5.82 Å². The van der Waals surface area contributed by atoms with Gasteiger partial charge in [0.2, 0.25) is 0 Å². The Kier molecular flexibility index (Phi) is 1.20. The van der Waals surface area contributed by atoms with Crippen LogP contribution >= 0.6 is 0 Å². The van der Waals surface area contributed by atoms with Gasteiger partial charge in [0.05, 0.1) is 6.20 Å². The number of nitrogen functional groups attached to an aromatic ring is 1. The Morgan fingerprint density at radius 3 is 3.17 bits per heavy atom. The fourth-order valence-corrected chi connectivity index (χ4v) is 1.15. The first-order valence-corrected chi connectivity index (χ1v) is 3.68. The molecule has 0 amide bonds. The standard InChI is InChI=1S/C7H11N5/c1-7(9)3-2-6-10-4-5(8)12(6)11-7/h2-4,11H,8-9H2,1H3. The van der Waals surface area contributed by atoms with Gasteiger partial charge in [0.25, 0.3) is 0 Å². The number of fused-ring (bicyclic) bond motifs is 1. The lowest BCUT2D eigenvalue weighted by Gasteiger charge is -2.28. The Balaban J connectivity index is 2.49. The summed E-state index contributed by atoms with van der Waals surface area (Å²) in [4.78, 5) is 4.05. The lowest BCUT2D eigenvalue weighted by Crippen LogP contribution is -2.49. The molecule has 5 heteroatoms. The molecular formula is C7H11N5. The topological polar surface area (TPSA) is 81.9 Å². The summed E-state index contributed by atoms with van der Waals surface area (Å²) in [7, 11) is 0. The van der Waals surface area contributed by atoms with Gasteiger partial charge < -0.3 is 11.5 Å². The van der Waals surface area contributed by atoms with Crippen molar-refractivity contribution in [3.63, 3.8) is 0 Å². The number of imidazole rings is 1. The first-order valence-electron chi connectivity index (χ1n) is 3.68. The third kappa shape index (κ3) is 0.947. The van der Waals surface area contributed by atoms with E-state index in [-0.39, 0.29) is 0 Å². The molecule has 0 radical (unpaired) electrons. The van der Waals surface area contributed by atoms with Crippen LogP contribution in [-0.4, -0.2) is 15.3 Å². The van der Waals surface area contributed by atoms with Gasteiger partial charge in [-0.15, -0.1) is 0 Å². The van der Waals surface area contributed by atoms with Gasteiger partial charge >= 0.3 is 0 Å². The Bertz CT molecular complexity index is 336. The van der Waals surface area contributed by atoms with Crippen LogP contribution in [-0.2, 0) is 0 Å². The molecule has 12 heavy (non-hydrogen) atoms. The highest BCUT2D eigenvalue weighted by molar-refractivity contribution is 5.51. The lowest BCUT2D eigenvalue weighted by atomic mass is 10.2. The lowest BCUT2D eigenvalue weighted by molar-refractivity contribution is 0.576. The predicted molar refractivity (Wildman–Crippen MR) is 47.6 cm³/mol. The number of hydrogen-bond donors (Lipinski definition) is 3. The van der Waals surface area contributed by atoms with Crippen LogP contribution in [0.25, 0.3) is 6.08 Å². The van der Waals surface area contributed by atoms with Gasteiger partial charge in [0, 0.05) is 0 Å². The third-order valence-corrected chi connectivity index (χ3v) is 1.75. The normalized spacial score (nSPS) is 26.5. The zero-order valence-electron chi connectivity index (χ0n) is 6.78. The predicted octanol–water partition coefficient (Wildman–Crippen LogP) is -0.290. The number of aromatic nitrogens is 2. The molecule has 5 N–H and O–H groups in total. The van der Waals surface area contributed by atoms with Gasteiger partial charge in [-0.3, -0.25) is 5.43 Å². The molecule has 0 bridgehead atoms. The van der Waals surface area contributed by atoms with E-state index in [0.29, 0.717) is 5.82 Å². The van der Waals surface area contributed by atoms with Crippen LogP contribution in [0.4, 0.5) is 5.82 Å². The monoisotopic (exact) mass is 165 g/mol. The highest BCUT2D eigenvalue weighted by Gasteiger charge is 2.20. The van der Waals surface area contributed by atoms with E-state index in [2.05, 4.69) is 10.4 Å². The van der Waals surface area contributed by atoms with E-state index in [4.69, 9.17) is 11.5 Å². The van der Waals surface area contributed by atoms with Crippen molar-refractivity contribution in [2.45, 2.75) is 12.6 Å². The molecule has 0 saturated heterocycles. The van der Waals surface area contributed by atoms with Gasteiger partial charge in [0.1, 0.15) is 11.5 Å². The maximum atomic E-state index is 5.82. The van der Waals surface area contributed by atoms with Crippen molar-refractivity contribution < 1.29 is 0 Å². The van der Waals surface area contributed by atoms with Crippen molar-refractivity contribution in [1.82, 2.24) is 9.66 Å². The maximum Gasteiger partial charge on any atom is 0.153 e. The molecule has 0 aromatic carbocycles. The second kappa shape index (κ2) is 2.01.